The second-order valence-electron chi connectivity index (χ2n) is 6.88. The highest BCUT2D eigenvalue weighted by atomic mass is 35.5. The maximum absolute atomic E-state index is 12.3. The van der Waals surface area contributed by atoms with Gasteiger partial charge in [-0.3, -0.25) is 9.36 Å². The van der Waals surface area contributed by atoms with Gasteiger partial charge in [-0.2, -0.15) is 0 Å². The van der Waals surface area contributed by atoms with Gasteiger partial charge in [0.15, 0.2) is 11.0 Å². The first-order valence-corrected chi connectivity index (χ1v) is 11.3. The van der Waals surface area contributed by atoms with Crippen LogP contribution in [0, 0.1) is 6.92 Å². The van der Waals surface area contributed by atoms with E-state index in [0.29, 0.717) is 22.5 Å². The van der Waals surface area contributed by atoms with Crippen LogP contribution in [-0.2, 0) is 24.4 Å². The SMILES string of the molecule is C=CCn1c(COc2ccc(Cl)cc2C)nnc1SCC(=O)Nc1ccc(CC)cc1. The number of nitrogens with one attached hydrogen (secondary N) is 1. The molecule has 0 aliphatic heterocycles. The number of aryl methyl sites for hydroxylation is 2. The molecule has 162 valence electrons. The van der Waals surface area contributed by atoms with E-state index in [-0.39, 0.29) is 18.3 Å². The number of hydrogen-bond acceptors (Lipinski definition) is 5. The molecule has 0 radical (unpaired) electrons. The molecule has 2 aromatic carbocycles. The summed E-state index contributed by atoms with van der Waals surface area (Å²) in [4.78, 5) is 12.3. The molecule has 0 fully saturated rings. The second-order valence-corrected chi connectivity index (χ2v) is 8.26. The van der Waals surface area contributed by atoms with Gasteiger partial charge in [-0.1, -0.05) is 48.5 Å². The molecule has 0 aliphatic rings. The predicted octanol–water partition coefficient (Wildman–Crippen LogP) is 5.30. The molecule has 3 aromatic rings. The maximum Gasteiger partial charge on any atom is 0.234 e. The summed E-state index contributed by atoms with van der Waals surface area (Å²) in [6.45, 7) is 8.61. The number of benzene rings is 2. The minimum atomic E-state index is -0.100. The zero-order valence-corrected chi connectivity index (χ0v) is 19.2. The number of anilines is 1. The first kappa shape index (κ1) is 22.9. The van der Waals surface area contributed by atoms with Gasteiger partial charge in [0.25, 0.3) is 0 Å². The Morgan fingerprint density at radius 2 is 2.03 bits per heavy atom. The fourth-order valence-corrected chi connectivity index (χ4v) is 3.91. The van der Waals surface area contributed by atoms with Crippen LogP contribution in [0.15, 0.2) is 60.3 Å². The highest BCUT2D eigenvalue weighted by Crippen LogP contribution is 2.24. The Bertz CT molecular complexity index is 1050. The van der Waals surface area contributed by atoms with Crippen molar-refractivity contribution in [3.8, 4) is 5.75 Å². The lowest BCUT2D eigenvalue weighted by Gasteiger charge is -2.11. The van der Waals surface area contributed by atoms with Crippen molar-refractivity contribution in [1.29, 1.82) is 0 Å². The highest BCUT2D eigenvalue weighted by Gasteiger charge is 2.15. The molecule has 8 heteroatoms. The number of carbonyl (C=O) groups excluding carboxylic acids is 1. The molecule has 0 spiro atoms. The summed E-state index contributed by atoms with van der Waals surface area (Å²) in [6, 6.07) is 13.3. The molecule has 3 rings (SSSR count). The fraction of sp³-hybridized carbons (Fsp3) is 0.261. The number of rotatable bonds is 10. The number of amides is 1. The van der Waals surface area contributed by atoms with E-state index in [1.165, 1.54) is 17.3 Å². The van der Waals surface area contributed by atoms with Gasteiger partial charge in [0, 0.05) is 17.3 Å². The van der Waals surface area contributed by atoms with Gasteiger partial charge < -0.3 is 10.1 Å². The summed E-state index contributed by atoms with van der Waals surface area (Å²) in [7, 11) is 0. The molecule has 1 aromatic heterocycles. The Labute approximate surface area is 191 Å². The number of halogens is 1. The van der Waals surface area contributed by atoms with Crippen LogP contribution in [0.2, 0.25) is 5.02 Å². The zero-order chi connectivity index (χ0) is 22.2. The predicted molar refractivity (Wildman–Crippen MR) is 126 cm³/mol. The summed E-state index contributed by atoms with van der Waals surface area (Å²) in [5.41, 5.74) is 2.96. The van der Waals surface area contributed by atoms with Gasteiger partial charge in [-0.05, 0) is 54.8 Å². The van der Waals surface area contributed by atoms with Gasteiger partial charge in [0.2, 0.25) is 5.91 Å². The third kappa shape index (κ3) is 6.35. The number of carbonyl (C=O) groups is 1. The van der Waals surface area contributed by atoms with E-state index in [1.54, 1.807) is 12.1 Å². The molecule has 0 saturated carbocycles. The monoisotopic (exact) mass is 456 g/mol. The molecule has 0 aliphatic carbocycles. The summed E-state index contributed by atoms with van der Waals surface area (Å²) >= 11 is 7.33. The van der Waals surface area contributed by atoms with Crippen molar-refractivity contribution >= 4 is 35.0 Å². The van der Waals surface area contributed by atoms with Crippen molar-refractivity contribution in [2.45, 2.75) is 38.6 Å². The molecule has 0 bridgehead atoms. The standard InChI is InChI=1S/C23H25ClN4O2S/c1-4-12-28-21(14-30-20-11-8-18(24)13-16(20)3)26-27-23(28)31-15-22(29)25-19-9-6-17(5-2)7-10-19/h4,6-11,13H,1,5,12,14-15H2,2-3H3,(H,25,29). The number of aromatic nitrogens is 3. The van der Waals surface area contributed by atoms with Crippen molar-refractivity contribution in [2.24, 2.45) is 0 Å². The largest absolute Gasteiger partial charge is 0.485 e. The molecule has 1 N–H and O–H groups in total. The summed E-state index contributed by atoms with van der Waals surface area (Å²) in [5, 5.41) is 12.7. The smallest absolute Gasteiger partial charge is 0.234 e. The minimum absolute atomic E-state index is 0.100. The Kier molecular flexibility index (Phi) is 8.14. The lowest BCUT2D eigenvalue weighted by atomic mass is 10.1. The Morgan fingerprint density at radius 3 is 2.71 bits per heavy atom. The molecular weight excluding hydrogens is 432 g/mol. The molecule has 0 atom stereocenters. The second kappa shape index (κ2) is 11.0. The number of ether oxygens (including phenoxy) is 1. The first-order valence-electron chi connectivity index (χ1n) is 9.93. The Morgan fingerprint density at radius 1 is 1.26 bits per heavy atom. The van der Waals surface area contributed by atoms with Crippen molar-refractivity contribution in [1.82, 2.24) is 14.8 Å². The maximum atomic E-state index is 12.3. The van der Waals surface area contributed by atoms with Gasteiger partial charge in [-0.15, -0.1) is 16.8 Å². The average molecular weight is 457 g/mol. The topological polar surface area (TPSA) is 69.0 Å². The number of nitrogens with zero attached hydrogens (tertiary/aromatic N) is 3. The molecule has 31 heavy (non-hydrogen) atoms. The molecule has 0 unspecified atom stereocenters. The van der Waals surface area contributed by atoms with Gasteiger partial charge in [0.05, 0.1) is 5.75 Å². The summed E-state index contributed by atoms with van der Waals surface area (Å²) in [5.74, 6) is 1.52. The highest BCUT2D eigenvalue weighted by molar-refractivity contribution is 7.99. The van der Waals surface area contributed by atoms with Crippen LogP contribution in [0.5, 0.6) is 5.75 Å². The van der Waals surface area contributed by atoms with Crippen LogP contribution < -0.4 is 10.1 Å². The Hall–Kier alpha value is -2.77. The van der Waals surface area contributed by atoms with Gasteiger partial charge in [-0.25, -0.2) is 0 Å². The van der Waals surface area contributed by atoms with E-state index >= 15 is 0 Å². The molecule has 0 saturated heterocycles. The molecule has 1 amide bonds. The van der Waals surface area contributed by atoms with E-state index < -0.39 is 0 Å². The van der Waals surface area contributed by atoms with Gasteiger partial charge in [0.1, 0.15) is 12.4 Å². The van der Waals surface area contributed by atoms with Crippen LogP contribution in [0.25, 0.3) is 0 Å². The van der Waals surface area contributed by atoms with Gasteiger partial charge >= 0.3 is 0 Å². The van der Waals surface area contributed by atoms with E-state index in [9.17, 15) is 4.79 Å². The van der Waals surface area contributed by atoms with E-state index in [0.717, 1.165) is 23.4 Å². The lowest BCUT2D eigenvalue weighted by Crippen LogP contribution is -2.15. The van der Waals surface area contributed by atoms with E-state index in [2.05, 4.69) is 29.0 Å². The molecule has 1 heterocycles. The third-order valence-corrected chi connectivity index (χ3v) is 5.78. The number of hydrogen-bond donors (Lipinski definition) is 1. The normalized spacial score (nSPS) is 10.7. The van der Waals surface area contributed by atoms with Crippen molar-refractivity contribution in [3.05, 3.63) is 77.1 Å². The van der Waals surface area contributed by atoms with Crippen molar-refractivity contribution in [2.75, 3.05) is 11.1 Å². The average Bonchev–Trinajstić information content (AvgIpc) is 3.14. The van der Waals surface area contributed by atoms with E-state index in [1.807, 2.05) is 47.9 Å². The third-order valence-electron chi connectivity index (χ3n) is 4.58. The minimum Gasteiger partial charge on any atom is -0.485 e. The van der Waals surface area contributed by atoms with Crippen LogP contribution in [-0.4, -0.2) is 26.4 Å². The van der Waals surface area contributed by atoms with Crippen LogP contribution in [0.4, 0.5) is 5.69 Å². The zero-order valence-electron chi connectivity index (χ0n) is 17.6. The van der Waals surface area contributed by atoms with E-state index in [4.69, 9.17) is 16.3 Å². The van der Waals surface area contributed by atoms with Crippen molar-refractivity contribution < 1.29 is 9.53 Å². The van der Waals surface area contributed by atoms with Crippen LogP contribution >= 0.6 is 23.4 Å². The fourth-order valence-electron chi connectivity index (χ4n) is 2.91. The molecular formula is C23H25ClN4O2S. The lowest BCUT2D eigenvalue weighted by molar-refractivity contribution is -0.113. The molecule has 6 nitrogen and oxygen atoms in total. The number of thioether (sulfide) groups is 1. The number of allylic oxidation sites excluding steroid dienone is 1. The Balaban J connectivity index is 1.61. The van der Waals surface area contributed by atoms with Crippen molar-refractivity contribution in [3.63, 3.8) is 0 Å². The quantitative estimate of drug-likeness (QED) is 0.331. The first-order chi connectivity index (χ1) is 15.0. The summed E-state index contributed by atoms with van der Waals surface area (Å²) in [6.07, 6.45) is 2.73. The van der Waals surface area contributed by atoms with Crippen LogP contribution in [0.1, 0.15) is 23.9 Å². The summed E-state index contributed by atoms with van der Waals surface area (Å²) < 4.78 is 7.79. The van der Waals surface area contributed by atoms with Crippen LogP contribution in [0.3, 0.4) is 0 Å².